The smallest absolute Gasteiger partial charge is 0.254 e. The Labute approximate surface area is 168 Å². The van der Waals surface area contributed by atoms with Gasteiger partial charge in [0.2, 0.25) is 0 Å². The fourth-order valence-electron chi connectivity index (χ4n) is 3.21. The monoisotopic (exact) mass is 388 g/mol. The van der Waals surface area contributed by atoms with Crippen molar-refractivity contribution in [3.05, 3.63) is 93.8 Å². The molecule has 1 aromatic heterocycles. The van der Waals surface area contributed by atoms with Crippen molar-refractivity contribution in [1.29, 1.82) is 0 Å². The molecule has 2 heterocycles. The summed E-state index contributed by atoms with van der Waals surface area (Å²) in [4.78, 5) is 19.0. The normalized spacial score (nSPS) is 12.1. The molecule has 138 valence electrons. The largest absolute Gasteiger partial charge is 0.495 e. The third kappa shape index (κ3) is 3.58. The van der Waals surface area contributed by atoms with Crippen molar-refractivity contribution in [1.82, 2.24) is 9.88 Å². The summed E-state index contributed by atoms with van der Waals surface area (Å²) in [5.41, 5.74) is 3.97. The van der Waals surface area contributed by atoms with Crippen LogP contribution in [0.15, 0.2) is 60.8 Å². The average molecular weight is 389 g/mol. The number of nitrogens with zero attached hydrogens (tertiary/aromatic N) is 2. The minimum absolute atomic E-state index is 0.0594. The molecule has 0 bridgehead atoms. The molecule has 0 atom stereocenters. The number of hydrogen-bond donors (Lipinski definition) is 0. The Balaban J connectivity index is 1.62. The van der Waals surface area contributed by atoms with Gasteiger partial charge >= 0.3 is 0 Å². The first-order chi connectivity index (χ1) is 13.7. The highest BCUT2D eigenvalue weighted by atomic mass is 35.5. The van der Waals surface area contributed by atoms with Crippen molar-refractivity contribution < 1.29 is 9.53 Å². The molecule has 0 aliphatic carbocycles. The van der Waals surface area contributed by atoms with Gasteiger partial charge in [-0.15, -0.1) is 0 Å². The van der Waals surface area contributed by atoms with Gasteiger partial charge in [-0.3, -0.25) is 4.79 Å². The van der Waals surface area contributed by atoms with Crippen LogP contribution in [0.1, 0.15) is 32.7 Å². The molecular formula is C23H17ClN2O2. The Morgan fingerprint density at radius 2 is 2.00 bits per heavy atom. The summed E-state index contributed by atoms with van der Waals surface area (Å²) in [5.74, 6) is 6.63. The topological polar surface area (TPSA) is 42.4 Å². The minimum atomic E-state index is -0.0594. The summed E-state index contributed by atoms with van der Waals surface area (Å²) in [6, 6.07) is 16.6. The number of carbonyl (C=O) groups excluding carboxylic acids is 1. The molecule has 0 saturated carbocycles. The van der Waals surface area contributed by atoms with Crippen molar-refractivity contribution in [2.24, 2.45) is 0 Å². The van der Waals surface area contributed by atoms with E-state index in [2.05, 4.69) is 16.8 Å². The zero-order valence-electron chi connectivity index (χ0n) is 15.3. The average Bonchev–Trinajstić information content (AvgIpc) is 3.18. The van der Waals surface area contributed by atoms with Crippen LogP contribution in [0.2, 0.25) is 5.02 Å². The quantitative estimate of drug-likeness (QED) is 0.615. The van der Waals surface area contributed by atoms with Gasteiger partial charge in [0.15, 0.2) is 0 Å². The second-order valence-electron chi connectivity index (χ2n) is 6.42. The van der Waals surface area contributed by atoms with Gasteiger partial charge in [0.05, 0.1) is 12.7 Å². The zero-order valence-corrected chi connectivity index (χ0v) is 16.0. The number of rotatable bonds is 2. The minimum Gasteiger partial charge on any atom is -0.495 e. The third-order valence-corrected chi connectivity index (χ3v) is 5.00. The molecule has 0 fully saturated rings. The first kappa shape index (κ1) is 18.1. The molecule has 0 spiro atoms. The lowest BCUT2D eigenvalue weighted by Crippen LogP contribution is -2.25. The summed E-state index contributed by atoms with van der Waals surface area (Å²) in [5, 5.41) is 0.699. The maximum Gasteiger partial charge on any atom is 0.254 e. The van der Waals surface area contributed by atoms with E-state index in [1.54, 1.807) is 36.4 Å². The number of fused-ring (bicyclic) bond motifs is 1. The van der Waals surface area contributed by atoms with Gasteiger partial charge in [0.1, 0.15) is 11.4 Å². The molecular weight excluding hydrogens is 372 g/mol. The summed E-state index contributed by atoms with van der Waals surface area (Å²) in [6.07, 6.45) is 1.69. The maximum atomic E-state index is 13.0. The lowest BCUT2D eigenvalue weighted by atomic mass is 10.1. The molecule has 4 rings (SSSR count). The van der Waals surface area contributed by atoms with Crippen LogP contribution in [-0.4, -0.2) is 22.9 Å². The second-order valence-corrected chi connectivity index (χ2v) is 6.83. The Morgan fingerprint density at radius 1 is 1.11 bits per heavy atom. The number of hydrogen-bond acceptors (Lipinski definition) is 3. The fourth-order valence-corrected chi connectivity index (χ4v) is 3.47. The van der Waals surface area contributed by atoms with E-state index >= 15 is 0 Å². The van der Waals surface area contributed by atoms with Gasteiger partial charge < -0.3 is 9.64 Å². The summed E-state index contributed by atoms with van der Waals surface area (Å²) in [6.45, 7) is 1.06. The van der Waals surface area contributed by atoms with Crippen molar-refractivity contribution in [2.75, 3.05) is 7.11 Å². The molecule has 28 heavy (non-hydrogen) atoms. The van der Waals surface area contributed by atoms with Gasteiger partial charge in [-0.25, -0.2) is 4.98 Å². The Bertz CT molecular complexity index is 1100. The molecule has 3 aromatic rings. The Hall–Kier alpha value is -3.29. The highest BCUT2D eigenvalue weighted by Gasteiger charge is 2.26. The molecule has 1 aliphatic rings. The highest BCUT2D eigenvalue weighted by Crippen LogP contribution is 2.30. The van der Waals surface area contributed by atoms with Crippen LogP contribution in [0.3, 0.4) is 0 Å². The molecule has 0 unspecified atom stereocenters. The molecule has 1 amide bonds. The highest BCUT2D eigenvalue weighted by molar-refractivity contribution is 6.31. The van der Waals surface area contributed by atoms with E-state index < -0.39 is 0 Å². The van der Waals surface area contributed by atoms with E-state index in [0.717, 1.165) is 11.1 Å². The van der Waals surface area contributed by atoms with Gasteiger partial charge in [0, 0.05) is 29.9 Å². The molecule has 0 saturated heterocycles. The predicted octanol–water partition coefficient (Wildman–Crippen LogP) is 4.30. The van der Waals surface area contributed by atoms with E-state index in [9.17, 15) is 4.79 Å². The van der Waals surface area contributed by atoms with Crippen molar-refractivity contribution in [3.8, 4) is 17.6 Å². The fraction of sp³-hybridized carbons (Fsp3) is 0.130. The van der Waals surface area contributed by atoms with Crippen molar-refractivity contribution in [3.63, 3.8) is 0 Å². The van der Waals surface area contributed by atoms with Crippen LogP contribution in [0, 0.1) is 11.8 Å². The van der Waals surface area contributed by atoms with E-state index in [-0.39, 0.29) is 5.91 Å². The first-order valence-electron chi connectivity index (χ1n) is 8.82. The van der Waals surface area contributed by atoms with Crippen LogP contribution in [-0.2, 0) is 13.1 Å². The number of ether oxygens (including phenoxy) is 1. The number of methoxy groups -OCH3 is 1. The maximum absolute atomic E-state index is 13.0. The van der Waals surface area contributed by atoms with E-state index in [0.29, 0.717) is 40.7 Å². The number of halogens is 1. The third-order valence-electron chi connectivity index (χ3n) is 4.65. The van der Waals surface area contributed by atoms with E-state index in [1.165, 1.54) is 0 Å². The lowest BCUT2D eigenvalue weighted by Gasteiger charge is -2.16. The number of benzene rings is 2. The first-order valence-corrected chi connectivity index (χ1v) is 9.20. The zero-order chi connectivity index (χ0) is 19.5. The molecule has 4 nitrogen and oxygen atoms in total. The lowest BCUT2D eigenvalue weighted by molar-refractivity contribution is 0.0751. The SMILES string of the molecule is COc1ccc(C(=O)N2Cc3cccc(Cl)c3C2)cc1C#Cc1ccccn1. The van der Waals surface area contributed by atoms with Crippen LogP contribution in [0.5, 0.6) is 5.75 Å². The molecule has 0 radical (unpaired) electrons. The predicted molar refractivity (Wildman–Crippen MR) is 108 cm³/mol. The summed E-state index contributed by atoms with van der Waals surface area (Å²) < 4.78 is 5.40. The van der Waals surface area contributed by atoms with Gasteiger partial charge in [0.25, 0.3) is 5.91 Å². The molecule has 2 aromatic carbocycles. The number of pyridine rings is 1. The second kappa shape index (κ2) is 7.75. The van der Waals surface area contributed by atoms with Gasteiger partial charge in [-0.1, -0.05) is 35.7 Å². The number of amides is 1. The standard InChI is InChI=1S/C23H17ClN2O2/c1-28-22-11-9-17(13-16(22)8-10-19-6-2-3-12-25-19)23(27)26-14-18-5-4-7-21(24)20(18)15-26/h2-7,9,11-13H,14-15H2,1H3. The van der Waals surface area contributed by atoms with E-state index in [4.69, 9.17) is 16.3 Å². The summed E-state index contributed by atoms with van der Waals surface area (Å²) in [7, 11) is 1.59. The van der Waals surface area contributed by atoms with Crippen LogP contribution in [0.25, 0.3) is 0 Å². The summed E-state index contributed by atoms with van der Waals surface area (Å²) >= 11 is 6.27. The molecule has 5 heteroatoms. The number of aromatic nitrogens is 1. The van der Waals surface area contributed by atoms with Crippen LogP contribution in [0.4, 0.5) is 0 Å². The molecule has 0 N–H and O–H groups in total. The van der Waals surface area contributed by atoms with Crippen molar-refractivity contribution in [2.45, 2.75) is 13.1 Å². The van der Waals surface area contributed by atoms with Gasteiger partial charge in [-0.05, 0) is 53.4 Å². The number of carbonyl (C=O) groups is 1. The molecule has 1 aliphatic heterocycles. The van der Waals surface area contributed by atoms with Crippen LogP contribution < -0.4 is 4.74 Å². The van der Waals surface area contributed by atoms with Gasteiger partial charge in [-0.2, -0.15) is 0 Å². The Kier molecular flexibility index (Phi) is 5.01. The van der Waals surface area contributed by atoms with Crippen molar-refractivity contribution >= 4 is 17.5 Å². The van der Waals surface area contributed by atoms with E-state index in [1.807, 2.05) is 36.4 Å². The van der Waals surface area contributed by atoms with Crippen LogP contribution >= 0.6 is 11.6 Å². The Morgan fingerprint density at radius 3 is 2.75 bits per heavy atom.